The average molecular weight is 435 g/mol. The highest BCUT2D eigenvalue weighted by molar-refractivity contribution is 5.89. The van der Waals surface area contributed by atoms with E-state index in [1.165, 1.54) is 18.2 Å². The Kier molecular flexibility index (Phi) is 5.38. The van der Waals surface area contributed by atoms with Crippen LogP contribution in [0, 0.1) is 0 Å². The molecule has 32 heavy (non-hydrogen) atoms. The Morgan fingerprint density at radius 2 is 1.53 bits per heavy atom. The first-order chi connectivity index (χ1) is 15.3. The van der Waals surface area contributed by atoms with Gasteiger partial charge in [0.15, 0.2) is 17.3 Å². The summed E-state index contributed by atoms with van der Waals surface area (Å²) in [4.78, 5) is 14.7. The molecule has 0 aliphatic carbocycles. The van der Waals surface area contributed by atoms with Gasteiger partial charge in [0, 0.05) is 24.7 Å². The molecule has 3 aromatic carbocycles. The van der Waals surface area contributed by atoms with Crippen LogP contribution in [0.4, 0.5) is 0 Å². The van der Waals surface area contributed by atoms with Gasteiger partial charge in [-0.3, -0.25) is 9.69 Å². The molecule has 0 saturated heterocycles. The van der Waals surface area contributed by atoms with Crippen molar-refractivity contribution in [3.05, 3.63) is 75.9 Å². The minimum atomic E-state index is -0.890. The molecule has 164 valence electrons. The maximum atomic E-state index is 12.9. The summed E-state index contributed by atoms with van der Waals surface area (Å²) in [6.45, 7) is 0.678. The molecule has 8 nitrogen and oxygen atoms in total. The number of rotatable bonds is 5. The van der Waals surface area contributed by atoms with Gasteiger partial charge in [0.05, 0.1) is 5.56 Å². The highest BCUT2D eigenvalue weighted by atomic mass is 16.4. The van der Waals surface area contributed by atoms with Gasteiger partial charge in [-0.2, -0.15) is 0 Å². The Hall–Kier alpha value is -4.17. The Morgan fingerprint density at radius 3 is 2.22 bits per heavy atom. The third kappa shape index (κ3) is 3.79. The summed E-state index contributed by atoms with van der Waals surface area (Å²) in [6.07, 6.45) is 0. The van der Waals surface area contributed by atoms with Crippen molar-refractivity contribution in [1.82, 2.24) is 4.90 Å². The lowest BCUT2D eigenvalue weighted by Crippen LogP contribution is -2.17. The third-order valence-corrected chi connectivity index (χ3v) is 5.18. The van der Waals surface area contributed by atoms with E-state index >= 15 is 0 Å². The molecule has 0 atom stereocenters. The second-order valence-electron chi connectivity index (χ2n) is 7.57. The van der Waals surface area contributed by atoms with Crippen LogP contribution in [0.15, 0.2) is 63.8 Å². The van der Waals surface area contributed by atoms with E-state index in [1.54, 1.807) is 7.05 Å². The summed E-state index contributed by atoms with van der Waals surface area (Å²) in [7, 11) is 1.80. The van der Waals surface area contributed by atoms with E-state index in [2.05, 4.69) is 0 Å². The topological polar surface area (TPSA) is 135 Å². The van der Waals surface area contributed by atoms with Gasteiger partial charge < -0.3 is 29.9 Å². The highest BCUT2D eigenvalue weighted by Gasteiger charge is 2.23. The summed E-state index contributed by atoms with van der Waals surface area (Å²) in [5.74, 6) is -2.65. The van der Waals surface area contributed by atoms with Crippen LogP contribution in [-0.4, -0.2) is 37.5 Å². The van der Waals surface area contributed by atoms with Crippen molar-refractivity contribution in [2.75, 3.05) is 7.05 Å². The van der Waals surface area contributed by atoms with Crippen LogP contribution in [0.25, 0.3) is 22.3 Å². The van der Waals surface area contributed by atoms with Crippen molar-refractivity contribution >= 4 is 11.0 Å². The van der Waals surface area contributed by atoms with Crippen molar-refractivity contribution < 1.29 is 29.9 Å². The van der Waals surface area contributed by atoms with E-state index in [0.29, 0.717) is 6.54 Å². The zero-order valence-corrected chi connectivity index (χ0v) is 17.1. The fourth-order valence-corrected chi connectivity index (χ4v) is 3.59. The molecule has 5 N–H and O–H groups in total. The zero-order chi connectivity index (χ0) is 23.0. The number of hydrogen-bond acceptors (Lipinski definition) is 8. The minimum Gasteiger partial charge on any atom is -0.507 e. The largest absolute Gasteiger partial charge is 0.507 e. The van der Waals surface area contributed by atoms with Crippen LogP contribution < -0.4 is 5.43 Å². The first kappa shape index (κ1) is 21.1. The van der Waals surface area contributed by atoms with Crippen LogP contribution in [-0.2, 0) is 13.1 Å². The Bertz CT molecular complexity index is 1360. The van der Waals surface area contributed by atoms with Gasteiger partial charge in [-0.15, -0.1) is 0 Å². The monoisotopic (exact) mass is 435 g/mol. The van der Waals surface area contributed by atoms with E-state index in [0.717, 1.165) is 11.6 Å². The van der Waals surface area contributed by atoms with Gasteiger partial charge in [-0.1, -0.05) is 30.3 Å². The third-order valence-electron chi connectivity index (χ3n) is 5.18. The van der Waals surface area contributed by atoms with Gasteiger partial charge in [0.2, 0.25) is 11.2 Å². The first-order valence-electron chi connectivity index (χ1n) is 9.74. The summed E-state index contributed by atoms with van der Waals surface area (Å²) in [5, 5.41) is 50.6. The smallest absolute Gasteiger partial charge is 0.238 e. The Labute approximate surface area is 182 Å². The molecular weight excluding hydrogens is 414 g/mol. The minimum absolute atomic E-state index is 0.123. The number of hydrogen-bond donors (Lipinski definition) is 5. The molecule has 4 rings (SSSR count). The molecule has 0 aliphatic heterocycles. The molecule has 4 aromatic rings. The first-order valence-corrected chi connectivity index (χ1v) is 9.74. The molecule has 0 radical (unpaired) electrons. The number of nitrogens with zero attached hydrogens (tertiary/aromatic N) is 1. The standard InChI is InChI=1S/C24H21NO7/c1-25(11-13-5-3-2-4-6-13)12-15-17(27)10-19-20(21(15)29)22(30)23(31)24(32-19)14-7-8-16(26)18(28)9-14/h2-10,26-29,31H,11-12H2,1H3. The van der Waals surface area contributed by atoms with Gasteiger partial charge in [0.1, 0.15) is 22.5 Å². The van der Waals surface area contributed by atoms with Gasteiger partial charge in [-0.25, -0.2) is 0 Å². The predicted octanol–water partition coefficient (Wildman–Crippen LogP) is 3.62. The fourth-order valence-electron chi connectivity index (χ4n) is 3.59. The molecule has 1 aromatic heterocycles. The molecule has 0 saturated carbocycles. The molecule has 0 fully saturated rings. The van der Waals surface area contributed by atoms with E-state index in [9.17, 15) is 30.3 Å². The number of phenols is 4. The highest BCUT2D eigenvalue weighted by Crippen LogP contribution is 2.40. The predicted molar refractivity (Wildman–Crippen MR) is 118 cm³/mol. The maximum absolute atomic E-state index is 12.9. The number of fused-ring (bicyclic) bond motifs is 1. The van der Waals surface area contributed by atoms with Crippen molar-refractivity contribution in [1.29, 1.82) is 0 Å². The molecule has 1 heterocycles. The Balaban J connectivity index is 1.77. The molecular formula is C24H21NO7. The number of aromatic hydroxyl groups is 5. The summed E-state index contributed by atoms with van der Waals surface area (Å²) in [6, 6.07) is 14.5. The maximum Gasteiger partial charge on any atom is 0.238 e. The SMILES string of the molecule is CN(Cc1ccccc1)Cc1c(O)cc2oc(-c3ccc(O)c(O)c3)c(O)c(=O)c2c1O. The van der Waals surface area contributed by atoms with Crippen LogP contribution >= 0.6 is 0 Å². The van der Waals surface area contributed by atoms with Crippen molar-refractivity contribution in [3.63, 3.8) is 0 Å². The molecule has 0 bridgehead atoms. The van der Waals surface area contributed by atoms with Crippen LogP contribution in [0.3, 0.4) is 0 Å². The number of benzene rings is 3. The zero-order valence-electron chi connectivity index (χ0n) is 17.1. The van der Waals surface area contributed by atoms with Gasteiger partial charge in [-0.05, 0) is 30.8 Å². The fraction of sp³-hybridized carbons (Fsp3) is 0.125. The van der Waals surface area contributed by atoms with E-state index < -0.39 is 22.7 Å². The lowest BCUT2D eigenvalue weighted by Gasteiger charge is -2.19. The molecule has 0 unspecified atom stereocenters. The Morgan fingerprint density at radius 1 is 0.812 bits per heavy atom. The van der Waals surface area contributed by atoms with Crippen molar-refractivity contribution in [3.8, 4) is 40.1 Å². The summed E-state index contributed by atoms with van der Waals surface area (Å²) < 4.78 is 5.60. The van der Waals surface area contributed by atoms with E-state index in [-0.39, 0.29) is 45.9 Å². The second-order valence-corrected chi connectivity index (χ2v) is 7.57. The number of phenolic OH excluding ortho intramolecular Hbond substituents is 4. The van der Waals surface area contributed by atoms with Crippen LogP contribution in [0.1, 0.15) is 11.1 Å². The van der Waals surface area contributed by atoms with Crippen molar-refractivity contribution in [2.45, 2.75) is 13.1 Å². The van der Waals surface area contributed by atoms with Crippen LogP contribution in [0.5, 0.6) is 28.7 Å². The lowest BCUT2D eigenvalue weighted by atomic mass is 10.0. The van der Waals surface area contributed by atoms with Crippen molar-refractivity contribution in [2.24, 2.45) is 0 Å². The molecule has 8 heteroatoms. The van der Waals surface area contributed by atoms with E-state index in [1.807, 2.05) is 35.2 Å². The molecule has 0 aliphatic rings. The van der Waals surface area contributed by atoms with Gasteiger partial charge in [0.25, 0.3) is 0 Å². The quantitative estimate of drug-likeness (QED) is 0.300. The summed E-state index contributed by atoms with van der Waals surface area (Å²) in [5.41, 5.74) is 0.256. The van der Waals surface area contributed by atoms with Gasteiger partial charge >= 0.3 is 0 Å². The summed E-state index contributed by atoms with van der Waals surface area (Å²) >= 11 is 0. The second kappa shape index (κ2) is 8.16. The average Bonchev–Trinajstić information content (AvgIpc) is 2.76. The lowest BCUT2D eigenvalue weighted by molar-refractivity contribution is 0.305. The van der Waals surface area contributed by atoms with Crippen LogP contribution in [0.2, 0.25) is 0 Å². The molecule has 0 amide bonds. The van der Waals surface area contributed by atoms with E-state index in [4.69, 9.17) is 4.42 Å². The normalized spacial score (nSPS) is 11.3. The molecule has 0 spiro atoms.